The Hall–Kier alpha value is -1.49. The third-order valence-electron chi connectivity index (χ3n) is 2.91. The van der Waals surface area contributed by atoms with Crippen molar-refractivity contribution in [3.8, 4) is 0 Å². The van der Waals surface area contributed by atoms with Gasteiger partial charge in [0.25, 0.3) is 0 Å². The summed E-state index contributed by atoms with van der Waals surface area (Å²) in [6.45, 7) is 10.4. The van der Waals surface area contributed by atoms with E-state index in [9.17, 15) is 9.59 Å². The Morgan fingerprint density at radius 1 is 1.05 bits per heavy atom. The molecule has 0 aromatic heterocycles. The molecule has 1 rings (SSSR count). The van der Waals surface area contributed by atoms with E-state index in [0.717, 1.165) is 17.9 Å². The van der Waals surface area contributed by atoms with Gasteiger partial charge in [0.2, 0.25) is 0 Å². The molecular formula is C15H22O4S. The van der Waals surface area contributed by atoms with Crippen molar-refractivity contribution in [3.05, 3.63) is 36.5 Å². The van der Waals surface area contributed by atoms with E-state index in [0.29, 0.717) is 23.0 Å². The molecule has 0 atom stereocenters. The van der Waals surface area contributed by atoms with Gasteiger partial charge in [-0.1, -0.05) is 25.3 Å². The third-order valence-corrected chi connectivity index (χ3v) is 6.15. The molecule has 5 heteroatoms. The van der Waals surface area contributed by atoms with Crippen LogP contribution in [0.1, 0.15) is 20.3 Å². The van der Waals surface area contributed by atoms with Gasteiger partial charge in [-0.25, -0.2) is 9.59 Å². The molecule has 1 aliphatic heterocycles. The van der Waals surface area contributed by atoms with E-state index in [-0.39, 0.29) is 0 Å². The van der Waals surface area contributed by atoms with Gasteiger partial charge in [-0.05, 0) is 26.0 Å². The largest absolute Gasteiger partial charge is 0.453 e. The summed E-state index contributed by atoms with van der Waals surface area (Å²) in [4.78, 5) is 23.1. The van der Waals surface area contributed by atoms with Crippen LogP contribution >= 0.6 is 10.0 Å². The molecule has 1 aliphatic rings. The maximum absolute atomic E-state index is 11.5. The van der Waals surface area contributed by atoms with E-state index in [2.05, 4.69) is 25.3 Å². The predicted octanol–water partition coefficient (Wildman–Crippen LogP) is 2.90. The number of hydrogen-bond donors (Lipinski definition) is 0. The highest BCUT2D eigenvalue weighted by atomic mass is 32.3. The molecule has 0 radical (unpaired) electrons. The lowest BCUT2D eigenvalue weighted by Crippen LogP contribution is -2.25. The number of ether oxygens (including phenoxy) is 2. The second kappa shape index (κ2) is 7.33. The topological polar surface area (TPSA) is 52.6 Å². The van der Waals surface area contributed by atoms with E-state index in [1.165, 1.54) is 0 Å². The highest BCUT2D eigenvalue weighted by Gasteiger charge is 2.28. The molecule has 0 unspecified atom stereocenters. The van der Waals surface area contributed by atoms with Crippen LogP contribution in [-0.4, -0.2) is 35.3 Å². The second-order valence-electron chi connectivity index (χ2n) is 5.02. The minimum atomic E-state index is -1.31. The van der Waals surface area contributed by atoms with Crippen molar-refractivity contribution in [1.82, 2.24) is 0 Å². The van der Waals surface area contributed by atoms with E-state index < -0.39 is 22.0 Å². The van der Waals surface area contributed by atoms with E-state index in [1.807, 2.05) is 0 Å². The summed E-state index contributed by atoms with van der Waals surface area (Å²) in [5, 5.41) is 0. The standard InChI is InChI=1S/C15H22O4S/c1-12(2)14(16)18-10-20(8-6-5-7-9-20)11-19-15(17)13(3)4/h5-6H,1,3,7-11H2,2,4H3. The number of hydrogen-bond acceptors (Lipinski definition) is 4. The summed E-state index contributed by atoms with van der Waals surface area (Å²) >= 11 is 0. The molecule has 1 heterocycles. The molecule has 0 aliphatic carbocycles. The zero-order valence-corrected chi connectivity index (χ0v) is 13.0. The van der Waals surface area contributed by atoms with Gasteiger partial charge in [-0.3, -0.25) is 0 Å². The molecular weight excluding hydrogens is 276 g/mol. The smallest absolute Gasteiger partial charge is 0.333 e. The summed E-state index contributed by atoms with van der Waals surface area (Å²) in [5.74, 6) is 1.55. The SMILES string of the molecule is C=C(C)C(=O)OCS1(COC(=O)C(=C)C)CC=CCC1. The molecule has 20 heavy (non-hydrogen) atoms. The summed E-state index contributed by atoms with van der Waals surface area (Å²) in [7, 11) is -1.31. The molecule has 4 nitrogen and oxygen atoms in total. The van der Waals surface area contributed by atoms with Crippen molar-refractivity contribution in [2.75, 3.05) is 23.4 Å². The minimum Gasteiger partial charge on any atom is -0.453 e. The van der Waals surface area contributed by atoms with Gasteiger partial charge < -0.3 is 9.47 Å². The molecule has 0 N–H and O–H groups in total. The van der Waals surface area contributed by atoms with Gasteiger partial charge in [-0.2, -0.15) is 10.0 Å². The Morgan fingerprint density at radius 3 is 1.90 bits per heavy atom. The zero-order valence-electron chi connectivity index (χ0n) is 12.1. The molecule has 0 bridgehead atoms. The number of esters is 2. The number of rotatable bonds is 6. The Bertz CT molecular complexity index is 421. The fraction of sp³-hybridized carbons (Fsp3) is 0.467. The Labute approximate surface area is 121 Å². The fourth-order valence-corrected chi connectivity index (χ4v) is 4.20. The van der Waals surface area contributed by atoms with Crippen LogP contribution in [0.3, 0.4) is 0 Å². The van der Waals surface area contributed by atoms with E-state index in [4.69, 9.17) is 9.47 Å². The highest BCUT2D eigenvalue weighted by molar-refractivity contribution is 8.33. The van der Waals surface area contributed by atoms with E-state index >= 15 is 0 Å². The monoisotopic (exact) mass is 298 g/mol. The zero-order chi connectivity index (χ0) is 15.2. The molecule has 0 aromatic carbocycles. The summed E-state index contributed by atoms with van der Waals surface area (Å²) in [6, 6.07) is 0. The van der Waals surface area contributed by atoms with Crippen molar-refractivity contribution in [2.24, 2.45) is 0 Å². The lowest BCUT2D eigenvalue weighted by atomic mass is 10.4. The van der Waals surface area contributed by atoms with Gasteiger partial charge in [0.1, 0.15) is 11.9 Å². The first-order chi connectivity index (χ1) is 9.36. The summed E-state index contributed by atoms with van der Waals surface area (Å²) in [6.07, 6.45) is 5.10. The molecule has 0 aromatic rings. The maximum Gasteiger partial charge on any atom is 0.333 e. The first-order valence-electron chi connectivity index (χ1n) is 6.41. The molecule has 0 saturated heterocycles. The van der Waals surface area contributed by atoms with Gasteiger partial charge in [0.05, 0.1) is 0 Å². The average molecular weight is 298 g/mol. The number of carbonyl (C=O) groups is 2. The highest BCUT2D eigenvalue weighted by Crippen LogP contribution is 2.50. The van der Waals surface area contributed by atoms with Crippen molar-refractivity contribution in [3.63, 3.8) is 0 Å². The maximum atomic E-state index is 11.5. The molecule has 0 fully saturated rings. The van der Waals surface area contributed by atoms with Crippen LogP contribution in [0.5, 0.6) is 0 Å². The Balaban J connectivity index is 2.64. The van der Waals surface area contributed by atoms with Crippen LogP contribution in [0.25, 0.3) is 0 Å². The lowest BCUT2D eigenvalue weighted by Gasteiger charge is -2.39. The second-order valence-corrected chi connectivity index (χ2v) is 8.68. The van der Waals surface area contributed by atoms with Gasteiger partial charge >= 0.3 is 11.9 Å². The fourth-order valence-electron chi connectivity index (χ4n) is 1.64. The van der Waals surface area contributed by atoms with Gasteiger partial charge in [-0.15, -0.1) is 0 Å². The van der Waals surface area contributed by atoms with Crippen LogP contribution in [-0.2, 0) is 19.1 Å². The van der Waals surface area contributed by atoms with Gasteiger partial charge in [0, 0.05) is 16.9 Å². The number of carbonyl (C=O) groups excluding carboxylic acids is 2. The molecule has 0 amide bonds. The summed E-state index contributed by atoms with van der Waals surface area (Å²) in [5.41, 5.74) is 0.759. The van der Waals surface area contributed by atoms with Crippen LogP contribution < -0.4 is 0 Å². The van der Waals surface area contributed by atoms with Crippen molar-refractivity contribution < 1.29 is 19.1 Å². The third kappa shape index (κ3) is 4.89. The molecule has 112 valence electrons. The summed E-state index contributed by atoms with van der Waals surface area (Å²) < 4.78 is 10.6. The lowest BCUT2D eigenvalue weighted by molar-refractivity contribution is -0.136. The van der Waals surface area contributed by atoms with Crippen molar-refractivity contribution >= 4 is 22.0 Å². The minimum absolute atomic E-state index is 0.312. The quantitative estimate of drug-likeness (QED) is 0.430. The van der Waals surface area contributed by atoms with Crippen LogP contribution in [0.2, 0.25) is 0 Å². The van der Waals surface area contributed by atoms with Crippen LogP contribution in [0.15, 0.2) is 36.5 Å². The van der Waals surface area contributed by atoms with Crippen LogP contribution in [0.4, 0.5) is 0 Å². The Morgan fingerprint density at radius 2 is 1.55 bits per heavy atom. The van der Waals surface area contributed by atoms with Gasteiger partial charge in [0.15, 0.2) is 0 Å². The molecule has 0 spiro atoms. The van der Waals surface area contributed by atoms with E-state index in [1.54, 1.807) is 13.8 Å². The van der Waals surface area contributed by atoms with Crippen molar-refractivity contribution in [2.45, 2.75) is 20.3 Å². The molecule has 0 saturated carbocycles. The average Bonchev–Trinajstić information content (AvgIpc) is 2.43. The van der Waals surface area contributed by atoms with Crippen LogP contribution in [0, 0.1) is 0 Å². The Kier molecular flexibility index (Phi) is 6.07. The predicted molar refractivity (Wildman–Crippen MR) is 82.6 cm³/mol. The first-order valence-corrected chi connectivity index (χ1v) is 8.71. The number of allylic oxidation sites excluding steroid dienone is 1. The first kappa shape index (κ1) is 16.6. The normalized spacial score (nSPS) is 17.9. The van der Waals surface area contributed by atoms with Crippen molar-refractivity contribution in [1.29, 1.82) is 0 Å².